The Labute approximate surface area is 151 Å². The summed E-state index contributed by atoms with van der Waals surface area (Å²) in [6.45, 7) is 1.17. The number of benzene rings is 1. The van der Waals surface area contributed by atoms with Crippen LogP contribution < -0.4 is 4.90 Å². The Bertz CT molecular complexity index is 977. The number of alkyl halides is 3. The minimum Gasteiger partial charge on any atom is -0.393 e. The van der Waals surface area contributed by atoms with Crippen LogP contribution in [0.15, 0.2) is 36.8 Å². The smallest absolute Gasteiger partial charge is 0.393 e. The van der Waals surface area contributed by atoms with Gasteiger partial charge < -0.3 is 10.0 Å². The molecule has 9 heteroatoms. The van der Waals surface area contributed by atoms with Crippen molar-refractivity contribution < 1.29 is 22.7 Å². The summed E-state index contributed by atoms with van der Waals surface area (Å²) in [4.78, 5) is 10.5. The third-order valence-corrected chi connectivity index (χ3v) is 4.74. The van der Waals surface area contributed by atoms with E-state index in [0.717, 1.165) is 12.1 Å². The summed E-state index contributed by atoms with van der Waals surface area (Å²) in [6, 6.07) is 2.60. The Kier molecular flexibility index (Phi) is 4.26. The molecule has 4 rings (SSSR count). The SMILES string of the molecule is OC1CCN(c2nccn3c(-c4ccc(F)cc4C(F)(F)F)cnc23)CC1. The third kappa shape index (κ3) is 3.23. The Morgan fingerprint density at radius 3 is 2.56 bits per heavy atom. The van der Waals surface area contributed by atoms with Gasteiger partial charge in [-0.05, 0) is 31.0 Å². The molecule has 0 atom stereocenters. The zero-order valence-corrected chi connectivity index (χ0v) is 14.1. The number of anilines is 1. The lowest BCUT2D eigenvalue weighted by Gasteiger charge is -2.30. The number of piperidine rings is 1. The first-order chi connectivity index (χ1) is 12.8. The molecule has 0 aliphatic carbocycles. The van der Waals surface area contributed by atoms with Gasteiger partial charge in [-0.1, -0.05) is 0 Å². The van der Waals surface area contributed by atoms with Crippen LogP contribution in [0.2, 0.25) is 0 Å². The van der Waals surface area contributed by atoms with Gasteiger partial charge in [-0.2, -0.15) is 13.2 Å². The fourth-order valence-corrected chi connectivity index (χ4v) is 3.38. The molecule has 1 aliphatic rings. The molecule has 2 aromatic heterocycles. The maximum absolute atomic E-state index is 13.4. The molecule has 1 aromatic carbocycles. The monoisotopic (exact) mass is 380 g/mol. The molecule has 27 heavy (non-hydrogen) atoms. The van der Waals surface area contributed by atoms with E-state index in [1.807, 2.05) is 4.90 Å². The molecule has 0 unspecified atom stereocenters. The Hall–Kier alpha value is -2.68. The van der Waals surface area contributed by atoms with E-state index in [-0.39, 0.29) is 17.4 Å². The highest BCUT2D eigenvalue weighted by Crippen LogP contribution is 2.38. The second kappa shape index (κ2) is 6.49. The molecule has 0 radical (unpaired) electrons. The molecule has 142 valence electrons. The van der Waals surface area contributed by atoms with Crippen LogP contribution in [-0.2, 0) is 6.18 Å². The highest BCUT2D eigenvalue weighted by Gasteiger charge is 2.35. The van der Waals surface area contributed by atoms with Crippen LogP contribution in [0.25, 0.3) is 16.9 Å². The molecular formula is C18H16F4N4O. The summed E-state index contributed by atoms with van der Waals surface area (Å²) in [5.41, 5.74) is -0.578. The zero-order valence-electron chi connectivity index (χ0n) is 14.1. The fourth-order valence-electron chi connectivity index (χ4n) is 3.38. The largest absolute Gasteiger partial charge is 0.417 e. The van der Waals surface area contributed by atoms with E-state index in [1.54, 1.807) is 0 Å². The van der Waals surface area contributed by atoms with Gasteiger partial charge in [-0.25, -0.2) is 14.4 Å². The van der Waals surface area contributed by atoms with E-state index in [9.17, 15) is 22.7 Å². The van der Waals surface area contributed by atoms with Gasteiger partial charge in [0.1, 0.15) is 5.82 Å². The van der Waals surface area contributed by atoms with E-state index in [1.165, 1.54) is 23.0 Å². The Morgan fingerprint density at radius 1 is 1.11 bits per heavy atom. The van der Waals surface area contributed by atoms with Gasteiger partial charge in [0.05, 0.1) is 23.6 Å². The van der Waals surface area contributed by atoms with Crippen molar-refractivity contribution in [3.63, 3.8) is 0 Å². The van der Waals surface area contributed by atoms with E-state index >= 15 is 0 Å². The first-order valence-corrected chi connectivity index (χ1v) is 8.47. The molecule has 0 bridgehead atoms. The molecule has 5 nitrogen and oxygen atoms in total. The van der Waals surface area contributed by atoms with E-state index in [4.69, 9.17) is 0 Å². The first kappa shape index (κ1) is 17.7. The number of aliphatic hydroxyl groups is 1. The van der Waals surface area contributed by atoms with Gasteiger partial charge in [-0.15, -0.1) is 0 Å². The van der Waals surface area contributed by atoms with E-state index in [2.05, 4.69) is 9.97 Å². The minimum absolute atomic E-state index is 0.150. The normalized spacial score (nSPS) is 16.3. The molecular weight excluding hydrogens is 364 g/mol. The van der Waals surface area contributed by atoms with Gasteiger partial charge >= 0.3 is 6.18 Å². The lowest BCUT2D eigenvalue weighted by atomic mass is 10.0. The van der Waals surface area contributed by atoms with Crippen molar-refractivity contribution in [3.05, 3.63) is 48.2 Å². The number of rotatable bonds is 2. The molecule has 1 fully saturated rings. The fraction of sp³-hybridized carbons (Fsp3) is 0.333. The topological polar surface area (TPSA) is 53.7 Å². The van der Waals surface area contributed by atoms with Crippen LogP contribution >= 0.6 is 0 Å². The molecule has 3 aromatic rings. The summed E-state index contributed by atoms with van der Waals surface area (Å²) < 4.78 is 55.1. The number of halogens is 4. The maximum atomic E-state index is 13.4. The maximum Gasteiger partial charge on any atom is 0.417 e. The molecule has 1 aliphatic heterocycles. The summed E-state index contributed by atoms with van der Waals surface area (Å²) >= 11 is 0. The summed E-state index contributed by atoms with van der Waals surface area (Å²) in [6.07, 6.45) is 0.491. The van der Waals surface area contributed by atoms with Gasteiger partial charge in [0.2, 0.25) is 0 Å². The number of fused-ring (bicyclic) bond motifs is 1. The van der Waals surface area contributed by atoms with Crippen molar-refractivity contribution in [1.29, 1.82) is 0 Å². The zero-order chi connectivity index (χ0) is 19.2. The second-order valence-electron chi connectivity index (χ2n) is 6.49. The van der Waals surface area contributed by atoms with Crippen LogP contribution in [0.4, 0.5) is 23.4 Å². The number of imidazole rings is 1. The quantitative estimate of drug-likeness (QED) is 0.692. The van der Waals surface area contributed by atoms with Crippen molar-refractivity contribution >= 4 is 11.5 Å². The number of aromatic nitrogens is 3. The predicted octanol–water partition coefficient (Wildman–Crippen LogP) is 3.52. The van der Waals surface area contributed by atoms with Crippen molar-refractivity contribution in [1.82, 2.24) is 14.4 Å². The van der Waals surface area contributed by atoms with Crippen LogP contribution in [0.5, 0.6) is 0 Å². The highest BCUT2D eigenvalue weighted by atomic mass is 19.4. The Balaban J connectivity index is 1.83. The molecule has 0 saturated carbocycles. The number of hydrogen-bond acceptors (Lipinski definition) is 4. The summed E-state index contributed by atoms with van der Waals surface area (Å²) in [7, 11) is 0. The number of nitrogens with zero attached hydrogens (tertiary/aromatic N) is 4. The van der Waals surface area contributed by atoms with E-state index in [0.29, 0.717) is 43.5 Å². The Morgan fingerprint density at radius 2 is 1.85 bits per heavy atom. The summed E-state index contributed by atoms with van der Waals surface area (Å²) in [5.74, 6) is -0.402. The lowest BCUT2D eigenvalue weighted by Crippen LogP contribution is -2.36. The average molecular weight is 380 g/mol. The van der Waals surface area contributed by atoms with Crippen LogP contribution in [0.3, 0.4) is 0 Å². The lowest BCUT2D eigenvalue weighted by molar-refractivity contribution is -0.137. The summed E-state index contributed by atoms with van der Waals surface area (Å²) in [5, 5.41) is 9.66. The molecule has 1 saturated heterocycles. The average Bonchev–Trinajstić information content (AvgIpc) is 3.06. The molecule has 1 N–H and O–H groups in total. The standard InChI is InChI=1S/C18H16F4N4O/c19-11-1-2-13(14(9-11)18(20,21)22)15-10-24-17-16(23-5-8-26(15)17)25-6-3-12(27)4-7-25/h1-2,5,8-10,12,27H,3-4,6-7H2. The van der Waals surface area contributed by atoms with E-state index < -0.39 is 17.6 Å². The van der Waals surface area contributed by atoms with Crippen molar-refractivity contribution in [2.45, 2.75) is 25.1 Å². The van der Waals surface area contributed by atoms with Gasteiger partial charge in [0.15, 0.2) is 11.5 Å². The second-order valence-corrected chi connectivity index (χ2v) is 6.49. The molecule has 0 spiro atoms. The van der Waals surface area contributed by atoms with Crippen molar-refractivity contribution in [3.8, 4) is 11.3 Å². The van der Waals surface area contributed by atoms with Crippen molar-refractivity contribution in [2.24, 2.45) is 0 Å². The van der Waals surface area contributed by atoms with Crippen LogP contribution in [0.1, 0.15) is 18.4 Å². The highest BCUT2D eigenvalue weighted by molar-refractivity contribution is 5.73. The molecule has 0 amide bonds. The third-order valence-electron chi connectivity index (χ3n) is 4.74. The van der Waals surface area contributed by atoms with Gasteiger partial charge in [0, 0.05) is 31.0 Å². The number of aliphatic hydroxyl groups excluding tert-OH is 1. The molecule has 3 heterocycles. The van der Waals surface area contributed by atoms with Crippen LogP contribution in [-0.4, -0.2) is 38.7 Å². The number of hydrogen-bond donors (Lipinski definition) is 1. The predicted molar refractivity (Wildman–Crippen MR) is 90.8 cm³/mol. The van der Waals surface area contributed by atoms with Crippen LogP contribution in [0, 0.1) is 5.82 Å². The van der Waals surface area contributed by atoms with Crippen molar-refractivity contribution in [2.75, 3.05) is 18.0 Å². The minimum atomic E-state index is -4.69. The van der Waals surface area contributed by atoms with Gasteiger partial charge in [-0.3, -0.25) is 4.40 Å². The first-order valence-electron chi connectivity index (χ1n) is 8.47. The van der Waals surface area contributed by atoms with Gasteiger partial charge in [0.25, 0.3) is 0 Å².